The Morgan fingerprint density at radius 1 is 1.47 bits per heavy atom. The zero-order valence-corrected chi connectivity index (χ0v) is 10.3. The third-order valence-electron chi connectivity index (χ3n) is 2.71. The van der Waals surface area contributed by atoms with Gasteiger partial charge in [-0.05, 0) is 20.3 Å². The molecule has 1 aromatic carbocycles. The van der Waals surface area contributed by atoms with E-state index in [2.05, 4.69) is 10.4 Å². The molecule has 1 aliphatic heterocycles. The summed E-state index contributed by atoms with van der Waals surface area (Å²) in [5, 5.41) is 0. The van der Waals surface area contributed by atoms with Crippen molar-refractivity contribution in [3.05, 3.63) is 30.3 Å². The summed E-state index contributed by atoms with van der Waals surface area (Å²) in [6.45, 7) is 4.74. The molecular weight excluding hydrogens is 201 g/mol. The summed E-state index contributed by atoms with van der Waals surface area (Å²) in [5.74, 6) is 0. The predicted molar refractivity (Wildman–Crippen MR) is 57.7 cm³/mol. The molecule has 4 heteroatoms. The first-order valence-electron chi connectivity index (χ1n) is 4.75. The average molecular weight is 215 g/mol. The molecule has 0 fully saturated rings. The maximum Gasteiger partial charge on any atom is 1.00 e. The number of hydrogen-bond donors (Lipinski definition) is 0. The Labute approximate surface area is 104 Å². The summed E-state index contributed by atoms with van der Waals surface area (Å²) in [5.41, 5.74) is 0. The first-order valence-corrected chi connectivity index (χ1v) is 6.27. The standard InChI is InChI=1S/C11H14NOS.Li/c1-11(2)8-9-12-14(11,13)10-6-4-3-5-7-10;/h3-6H,8-9H2,1-2H3;/q-1;+1. The molecule has 0 N–H and O–H groups in total. The second-order valence-corrected chi connectivity index (χ2v) is 6.97. The molecule has 1 heterocycles. The van der Waals surface area contributed by atoms with E-state index in [9.17, 15) is 4.21 Å². The Kier molecular flexibility index (Phi) is 3.70. The number of benzene rings is 1. The molecule has 0 aromatic heterocycles. The van der Waals surface area contributed by atoms with Crippen molar-refractivity contribution in [1.29, 1.82) is 0 Å². The minimum absolute atomic E-state index is 0. The summed E-state index contributed by atoms with van der Waals surface area (Å²) in [6.07, 6.45) is 0.897. The predicted octanol–water partition coefficient (Wildman–Crippen LogP) is -0.500. The van der Waals surface area contributed by atoms with Crippen LogP contribution in [0.5, 0.6) is 0 Å². The Hall–Kier alpha value is -0.233. The van der Waals surface area contributed by atoms with Crippen LogP contribution in [0.25, 0.3) is 0 Å². The largest absolute Gasteiger partial charge is 1.00 e. The van der Waals surface area contributed by atoms with Crippen molar-refractivity contribution in [2.24, 2.45) is 4.36 Å². The minimum Gasteiger partial charge on any atom is -0.246 e. The van der Waals surface area contributed by atoms with Gasteiger partial charge in [-0.2, -0.15) is 30.3 Å². The molecule has 0 spiro atoms. The van der Waals surface area contributed by atoms with Gasteiger partial charge in [-0.25, -0.2) is 8.57 Å². The van der Waals surface area contributed by atoms with E-state index in [4.69, 9.17) is 0 Å². The van der Waals surface area contributed by atoms with Gasteiger partial charge in [0.25, 0.3) is 0 Å². The zero-order chi connectivity index (χ0) is 10.2. The zero-order valence-electron chi connectivity index (χ0n) is 9.49. The van der Waals surface area contributed by atoms with Gasteiger partial charge >= 0.3 is 18.9 Å². The molecule has 76 valence electrons. The van der Waals surface area contributed by atoms with E-state index in [1.807, 2.05) is 32.0 Å². The van der Waals surface area contributed by atoms with Crippen LogP contribution < -0.4 is 18.9 Å². The van der Waals surface area contributed by atoms with E-state index in [0.29, 0.717) is 6.54 Å². The minimum atomic E-state index is -2.24. The van der Waals surface area contributed by atoms with Crippen LogP contribution in [0.4, 0.5) is 0 Å². The van der Waals surface area contributed by atoms with Gasteiger partial charge in [0.05, 0.1) is 21.0 Å². The summed E-state index contributed by atoms with van der Waals surface area (Å²) >= 11 is 0. The number of nitrogens with zero attached hydrogens (tertiary/aromatic N) is 1. The van der Waals surface area contributed by atoms with Crippen molar-refractivity contribution in [2.45, 2.75) is 29.9 Å². The molecule has 0 amide bonds. The molecule has 0 saturated heterocycles. The second kappa shape index (κ2) is 4.33. The monoisotopic (exact) mass is 215 g/mol. The smallest absolute Gasteiger partial charge is 0.246 e. The van der Waals surface area contributed by atoms with Gasteiger partial charge in [0.1, 0.15) is 0 Å². The SMILES string of the molecule is CC1(C)CCN=S1(=O)c1[c-]cccc1.[Li+]. The van der Waals surface area contributed by atoms with Crippen LogP contribution in [0, 0.1) is 6.07 Å². The van der Waals surface area contributed by atoms with Gasteiger partial charge in [-0.15, -0.1) is 0 Å². The van der Waals surface area contributed by atoms with E-state index < -0.39 is 9.73 Å². The van der Waals surface area contributed by atoms with E-state index in [1.54, 1.807) is 6.07 Å². The van der Waals surface area contributed by atoms with Gasteiger partial charge in [0.2, 0.25) is 0 Å². The Bertz CT molecular complexity index is 447. The van der Waals surface area contributed by atoms with Crippen LogP contribution in [0.15, 0.2) is 33.5 Å². The van der Waals surface area contributed by atoms with E-state index in [-0.39, 0.29) is 23.6 Å². The van der Waals surface area contributed by atoms with E-state index >= 15 is 0 Å². The molecule has 2 nitrogen and oxygen atoms in total. The van der Waals surface area contributed by atoms with Crippen molar-refractivity contribution in [3.8, 4) is 0 Å². The van der Waals surface area contributed by atoms with Crippen LogP contribution in [-0.2, 0) is 9.73 Å². The molecule has 0 bridgehead atoms. The van der Waals surface area contributed by atoms with Crippen molar-refractivity contribution in [3.63, 3.8) is 0 Å². The summed E-state index contributed by atoms with van der Waals surface area (Å²) in [7, 11) is -2.24. The number of hydrogen-bond acceptors (Lipinski definition) is 2. The first-order chi connectivity index (χ1) is 6.56. The van der Waals surface area contributed by atoms with Crippen LogP contribution in [-0.4, -0.2) is 15.5 Å². The van der Waals surface area contributed by atoms with Crippen molar-refractivity contribution in [1.82, 2.24) is 0 Å². The molecule has 1 atom stereocenters. The maximum atomic E-state index is 12.6. The molecule has 15 heavy (non-hydrogen) atoms. The Morgan fingerprint density at radius 3 is 2.67 bits per heavy atom. The van der Waals surface area contributed by atoms with Gasteiger partial charge in [0, 0.05) is 0 Å². The van der Waals surface area contributed by atoms with Gasteiger partial charge in [-0.3, -0.25) is 0 Å². The summed E-state index contributed by atoms with van der Waals surface area (Å²) in [4.78, 5) is 0.752. The molecule has 1 aliphatic rings. The molecule has 1 aromatic rings. The Morgan fingerprint density at radius 2 is 2.20 bits per heavy atom. The molecule has 0 aliphatic carbocycles. The summed E-state index contributed by atoms with van der Waals surface area (Å²) < 4.78 is 16.7. The van der Waals surface area contributed by atoms with Gasteiger partial charge < -0.3 is 0 Å². The third kappa shape index (κ3) is 2.01. The molecule has 0 saturated carbocycles. The first kappa shape index (κ1) is 12.8. The normalized spacial score (nSPS) is 27.9. The summed E-state index contributed by atoms with van der Waals surface area (Å²) in [6, 6.07) is 10.5. The van der Waals surface area contributed by atoms with Gasteiger partial charge in [-0.1, -0.05) is 4.90 Å². The fourth-order valence-corrected chi connectivity index (χ4v) is 3.96. The molecule has 2 rings (SSSR count). The van der Waals surface area contributed by atoms with Crippen molar-refractivity contribution < 1.29 is 23.1 Å². The molecule has 0 radical (unpaired) electrons. The maximum absolute atomic E-state index is 12.6. The fourth-order valence-electron chi connectivity index (χ4n) is 1.67. The molecule has 1 unspecified atom stereocenters. The third-order valence-corrected chi connectivity index (χ3v) is 5.81. The second-order valence-electron chi connectivity index (χ2n) is 4.12. The van der Waals surface area contributed by atoms with E-state index in [1.165, 1.54) is 0 Å². The quantitative estimate of drug-likeness (QED) is 0.459. The van der Waals surface area contributed by atoms with Crippen LogP contribution in [0.2, 0.25) is 0 Å². The fraction of sp³-hybridized carbons (Fsp3) is 0.455. The van der Waals surface area contributed by atoms with Crippen LogP contribution in [0.3, 0.4) is 0 Å². The Balaban J connectivity index is 0.00000112. The molecular formula is C11H14LiNOS. The van der Waals surface area contributed by atoms with Crippen LogP contribution >= 0.6 is 0 Å². The van der Waals surface area contributed by atoms with E-state index in [0.717, 1.165) is 11.3 Å². The van der Waals surface area contributed by atoms with Crippen molar-refractivity contribution in [2.75, 3.05) is 6.54 Å². The van der Waals surface area contributed by atoms with Gasteiger partial charge in [0.15, 0.2) is 0 Å². The average Bonchev–Trinajstić information content (AvgIpc) is 2.44. The van der Waals surface area contributed by atoms with Crippen molar-refractivity contribution >= 4 is 9.73 Å². The topological polar surface area (TPSA) is 29.4 Å². The van der Waals surface area contributed by atoms with Crippen LogP contribution in [0.1, 0.15) is 20.3 Å². The number of rotatable bonds is 1.